The molecule has 2 aromatic carbocycles. The van der Waals surface area contributed by atoms with Crippen LogP contribution in [0.3, 0.4) is 0 Å². The van der Waals surface area contributed by atoms with E-state index in [0.29, 0.717) is 36.7 Å². The number of hydrogen-bond acceptors (Lipinski definition) is 2. The normalized spacial score (nSPS) is 10.7. The number of halogens is 2. The van der Waals surface area contributed by atoms with Crippen LogP contribution in [0.15, 0.2) is 53.5 Å². The fraction of sp³-hybridized carbons (Fsp3) is 0.263. The zero-order valence-electron chi connectivity index (χ0n) is 14.9. The van der Waals surface area contributed by atoms with Crippen molar-refractivity contribution >= 4 is 35.8 Å². The van der Waals surface area contributed by atoms with Gasteiger partial charge in [0.25, 0.3) is 5.91 Å². The van der Waals surface area contributed by atoms with Gasteiger partial charge in [-0.15, -0.1) is 24.0 Å². The molecule has 5 nitrogen and oxygen atoms in total. The van der Waals surface area contributed by atoms with Crippen LogP contribution in [0.2, 0.25) is 0 Å². The van der Waals surface area contributed by atoms with Crippen LogP contribution in [0.5, 0.6) is 0 Å². The topological polar surface area (TPSA) is 65.5 Å². The Morgan fingerprint density at radius 3 is 2.46 bits per heavy atom. The predicted octanol–water partition coefficient (Wildman–Crippen LogP) is 3.06. The molecule has 0 saturated carbocycles. The molecule has 0 saturated heterocycles. The summed E-state index contributed by atoms with van der Waals surface area (Å²) >= 11 is 0. The van der Waals surface area contributed by atoms with Crippen molar-refractivity contribution in [1.29, 1.82) is 0 Å². The van der Waals surface area contributed by atoms with E-state index in [9.17, 15) is 9.18 Å². The van der Waals surface area contributed by atoms with Gasteiger partial charge in [0.05, 0.1) is 0 Å². The fourth-order valence-corrected chi connectivity index (χ4v) is 2.31. The first-order chi connectivity index (χ1) is 12.1. The van der Waals surface area contributed by atoms with E-state index in [1.165, 1.54) is 6.07 Å². The van der Waals surface area contributed by atoms with E-state index in [1.54, 1.807) is 31.3 Å². The Morgan fingerprint density at radius 2 is 1.77 bits per heavy atom. The van der Waals surface area contributed by atoms with E-state index < -0.39 is 0 Å². The molecule has 1 amide bonds. The summed E-state index contributed by atoms with van der Waals surface area (Å²) in [5.74, 6) is 0.221. The second-order valence-electron chi connectivity index (χ2n) is 5.43. The van der Waals surface area contributed by atoms with E-state index in [1.807, 2.05) is 25.1 Å². The summed E-state index contributed by atoms with van der Waals surface area (Å²) in [5.41, 5.74) is 2.15. The zero-order chi connectivity index (χ0) is 18.1. The average molecular weight is 470 g/mol. The molecule has 0 atom stereocenters. The van der Waals surface area contributed by atoms with Crippen LogP contribution in [0.25, 0.3) is 0 Å². The maximum Gasteiger partial charge on any atom is 0.251 e. The number of aliphatic imine (C=N–C) groups is 1. The van der Waals surface area contributed by atoms with Crippen molar-refractivity contribution in [3.8, 4) is 0 Å². The highest BCUT2D eigenvalue weighted by molar-refractivity contribution is 14.0. The zero-order valence-corrected chi connectivity index (χ0v) is 17.2. The summed E-state index contributed by atoms with van der Waals surface area (Å²) in [5, 5.41) is 9.01. The Kier molecular flexibility index (Phi) is 9.64. The van der Waals surface area contributed by atoms with Gasteiger partial charge >= 0.3 is 0 Å². The largest absolute Gasteiger partial charge is 0.352 e. The van der Waals surface area contributed by atoms with Crippen LogP contribution < -0.4 is 16.0 Å². The lowest BCUT2D eigenvalue weighted by atomic mass is 10.1. The highest BCUT2D eigenvalue weighted by Crippen LogP contribution is 2.06. The third-order valence-corrected chi connectivity index (χ3v) is 3.61. The van der Waals surface area contributed by atoms with Gasteiger partial charge in [0.2, 0.25) is 0 Å². The molecule has 3 N–H and O–H groups in total. The van der Waals surface area contributed by atoms with Gasteiger partial charge < -0.3 is 16.0 Å². The number of rotatable bonds is 6. The first kappa shape index (κ1) is 21.9. The molecule has 2 rings (SSSR count). The molecule has 0 aliphatic rings. The maximum absolute atomic E-state index is 13.6. The Morgan fingerprint density at radius 1 is 1.04 bits per heavy atom. The second-order valence-corrected chi connectivity index (χ2v) is 5.43. The lowest BCUT2D eigenvalue weighted by Gasteiger charge is -2.13. The van der Waals surface area contributed by atoms with Gasteiger partial charge in [-0.3, -0.25) is 9.79 Å². The Labute approximate surface area is 170 Å². The smallest absolute Gasteiger partial charge is 0.251 e. The maximum atomic E-state index is 13.6. The summed E-state index contributed by atoms with van der Waals surface area (Å²) < 4.78 is 13.6. The van der Waals surface area contributed by atoms with Gasteiger partial charge in [-0.25, -0.2) is 4.39 Å². The molecule has 0 aliphatic carbocycles. The average Bonchev–Trinajstić information content (AvgIpc) is 2.63. The van der Waals surface area contributed by atoms with E-state index in [4.69, 9.17) is 0 Å². The number of hydrogen-bond donors (Lipinski definition) is 3. The Balaban J connectivity index is 0.00000338. The molecule has 0 spiro atoms. The minimum absolute atomic E-state index is 0. The van der Waals surface area contributed by atoms with Crippen LogP contribution in [0.1, 0.15) is 28.4 Å². The molecule has 0 unspecified atom stereocenters. The van der Waals surface area contributed by atoms with Crippen molar-refractivity contribution < 1.29 is 9.18 Å². The van der Waals surface area contributed by atoms with Crippen LogP contribution in [0.4, 0.5) is 4.39 Å². The number of benzene rings is 2. The van der Waals surface area contributed by atoms with Crippen molar-refractivity contribution in [3.63, 3.8) is 0 Å². The van der Waals surface area contributed by atoms with Crippen molar-refractivity contribution in [2.45, 2.75) is 20.0 Å². The molecule has 0 aromatic heterocycles. The summed E-state index contributed by atoms with van der Waals surface area (Å²) in [6, 6.07) is 14.0. The minimum atomic E-state index is -0.250. The lowest BCUT2D eigenvalue weighted by molar-refractivity contribution is 0.0955. The highest BCUT2D eigenvalue weighted by atomic mass is 127. The number of guanidine groups is 1. The number of carbonyl (C=O) groups is 1. The third-order valence-electron chi connectivity index (χ3n) is 3.61. The SMILES string of the molecule is CCNC(=O)c1cccc(CNC(=NC)NCc2ccccc2F)c1.I. The molecule has 0 heterocycles. The molecule has 26 heavy (non-hydrogen) atoms. The predicted molar refractivity (Wildman–Crippen MR) is 113 cm³/mol. The van der Waals surface area contributed by atoms with Crippen LogP contribution in [-0.2, 0) is 13.1 Å². The molecule has 0 radical (unpaired) electrons. The number of amides is 1. The van der Waals surface area contributed by atoms with Gasteiger partial charge in [-0.1, -0.05) is 30.3 Å². The van der Waals surface area contributed by atoms with Crippen LogP contribution in [-0.4, -0.2) is 25.5 Å². The lowest BCUT2D eigenvalue weighted by Crippen LogP contribution is -2.36. The van der Waals surface area contributed by atoms with Crippen molar-refractivity contribution in [2.75, 3.05) is 13.6 Å². The van der Waals surface area contributed by atoms with Gasteiger partial charge in [0.15, 0.2) is 5.96 Å². The molecule has 0 bridgehead atoms. The number of nitrogens with one attached hydrogen (secondary N) is 3. The summed E-state index contributed by atoms with van der Waals surface area (Å²) in [6.07, 6.45) is 0. The van der Waals surface area contributed by atoms with Gasteiger partial charge in [-0.05, 0) is 30.7 Å². The Bertz CT molecular complexity index is 752. The van der Waals surface area contributed by atoms with E-state index in [0.717, 1.165) is 5.56 Å². The van der Waals surface area contributed by atoms with Crippen molar-refractivity contribution in [3.05, 3.63) is 71.0 Å². The third kappa shape index (κ3) is 6.62. The molecular weight excluding hydrogens is 446 g/mol. The molecule has 140 valence electrons. The molecule has 2 aromatic rings. The second kappa shape index (κ2) is 11.5. The number of carbonyl (C=O) groups excluding carboxylic acids is 1. The van der Waals surface area contributed by atoms with E-state index in [2.05, 4.69) is 20.9 Å². The fourth-order valence-electron chi connectivity index (χ4n) is 2.31. The van der Waals surface area contributed by atoms with E-state index in [-0.39, 0.29) is 35.7 Å². The summed E-state index contributed by atoms with van der Waals surface area (Å²) in [7, 11) is 1.65. The van der Waals surface area contributed by atoms with E-state index >= 15 is 0 Å². The highest BCUT2D eigenvalue weighted by Gasteiger charge is 2.06. The molecular formula is C19H24FIN4O. The van der Waals surface area contributed by atoms with Crippen LogP contribution >= 0.6 is 24.0 Å². The molecule has 0 fully saturated rings. The quantitative estimate of drug-likeness (QED) is 0.346. The standard InChI is InChI=1S/C19H23FN4O.HI/c1-3-22-18(25)15-9-6-7-14(11-15)12-23-19(21-2)24-13-16-8-4-5-10-17(16)20;/h4-11H,3,12-13H2,1-2H3,(H,22,25)(H2,21,23,24);1H. The first-order valence-corrected chi connectivity index (χ1v) is 8.19. The first-order valence-electron chi connectivity index (χ1n) is 8.19. The molecule has 0 aliphatic heterocycles. The minimum Gasteiger partial charge on any atom is -0.352 e. The van der Waals surface area contributed by atoms with Gasteiger partial charge in [0.1, 0.15) is 5.82 Å². The van der Waals surface area contributed by atoms with Gasteiger partial charge in [0, 0.05) is 37.8 Å². The Hall–Kier alpha value is -2.16. The monoisotopic (exact) mass is 470 g/mol. The number of nitrogens with zero attached hydrogens (tertiary/aromatic N) is 1. The van der Waals surface area contributed by atoms with Crippen LogP contribution in [0, 0.1) is 5.82 Å². The van der Waals surface area contributed by atoms with Crippen molar-refractivity contribution in [1.82, 2.24) is 16.0 Å². The summed E-state index contributed by atoms with van der Waals surface area (Å²) in [4.78, 5) is 16.0. The summed E-state index contributed by atoms with van der Waals surface area (Å²) in [6.45, 7) is 3.32. The van der Waals surface area contributed by atoms with Gasteiger partial charge in [-0.2, -0.15) is 0 Å². The van der Waals surface area contributed by atoms with Crippen molar-refractivity contribution in [2.24, 2.45) is 4.99 Å². The molecule has 7 heteroatoms.